The number of nitrogens with zero attached hydrogens (tertiary/aromatic N) is 3. The Hall–Kier alpha value is -2.54. The highest BCUT2D eigenvalue weighted by atomic mass is 32.2. The van der Waals surface area contributed by atoms with Crippen LogP contribution in [0.1, 0.15) is 29.2 Å². The molecule has 1 aliphatic rings. The number of hydrogen-bond donors (Lipinski definition) is 2. The molecular formula is C23H29F4N5O2S. The lowest BCUT2D eigenvalue weighted by Crippen LogP contribution is -2.53. The third-order valence-electron chi connectivity index (χ3n) is 6.00. The Labute approximate surface area is 203 Å². The fraction of sp³-hybridized carbons (Fsp3) is 0.435. The van der Waals surface area contributed by atoms with Gasteiger partial charge in [-0.1, -0.05) is 0 Å². The van der Waals surface area contributed by atoms with Crippen molar-refractivity contribution in [2.45, 2.75) is 25.6 Å². The minimum absolute atomic E-state index is 0.0125. The van der Waals surface area contributed by atoms with Crippen molar-refractivity contribution in [2.24, 2.45) is 0 Å². The summed E-state index contributed by atoms with van der Waals surface area (Å²) in [5, 5.41) is 11.0. The van der Waals surface area contributed by atoms with Crippen molar-refractivity contribution in [2.75, 3.05) is 45.6 Å². The monoisotopic (exact) mass is 515 g/mol. The number of piperazine rings is 1. The molecule has 35 heavy (non-hydrogen) atoms. The third-order valence-corrected chi connectivity index (χ3v) is 7.91. The molecule has 7 nitrogen and oxygen atoms in total. The van der Waals surface area contributed by atoms with Crippen molar-refractivity contribution < 1.29 is 26.0 Å². The molecule has 0 spiro atoms. The van der Waals surface area contributed by atoms with Crippen LogP contribution >= 0.6 is 0 Å². The normalized spacial score (nSPS) is 18.1. The Morgan fingerprint density at radius 1 is 1.17 bits per heavy atom. The number of alkyl halides is 3. The summed E-state index contributed by atoms with van der Waals surface area (Å²) in [5.41, 5.74) is 3.02. The fourth-order valence-corrected chi connectivity index (χ4v) is 5.19. The third kappa shape index (κ3) is 6.57. The van der Waals surface area contributed by atoms with E-state index in [0.29, 0.717) is 22.5 Å². The summed E-state index contributed by atoms with van der Waals surface area (Å²) in [6.45, 7) is 1.74. The summed E-state index contributed by atoms with van der Waals surface area (Å²) >= 11 is 0. The van der Waals surface area contributed by atoms with Gasteiger partial charge in [0.1, 0.15) is 5.82 Å². The molecule has 2 aromatic rings. The number of benzene rings is 2. The van der Waals surface area contributed by atoms with E-state index in [1.54, 1.807) is 36.1 Å². The molecular weight excluding hydrogens is 486 g/mol. The van der Waals surface area contributed by atoms with E-state index in [4.69, 9.17) is 5.41 Å². The van der Waals surface area contributed by atoms with Crippen LogP contribution in [0.5, 0.6) is 0 Å². The van der Waals surface area contributed by atoms with Crippen molar-refractivity contribution in [3.63, 3.8) is 0 Å². The minimum Gasteiger partial charge on any atom is -0.355 e. The van der Waals surface area contributed by atoms with Gasteiger partial charge in [0.15, 0.2) is 0 Å². The van der Waals surface area contributed by atoms with Crippen LogP contribution < -0.4 is 5.32 Å². The molecule has 1 fully saturated rings. The summed E-state index contributed by atoms with van der Waals surface area (Å²) in [5.74, 6) is -0.386. The minimum atomic E-state index is -4.34. The molecule has 0 radical (unpaired) electrons. The van der Waals surface area contributed by atoms with Gasteiger partial charge in [0.25, 0.3) is 10.2 Å². The van der Waals surface area contributed by atoms with Crippen LogP contribution in [0.25, 0.3) is 0 Å². The van der Waals surface area contributed by atoms with Crippen LogP contribution in [0.15, 0.2) is 36.4 Å². The van der Waals surface area contributed by atoms with Gasteiger partial charge in [-0.2, -0.15) is 30.2 Å². The first-order valence-electron chi connectivity index (χ1n) is 11.0. The summed E-state index contributed by atoms with van der Waals surface area (Å²) in [6, 6.07) is 8.54. The summed E-state index contributed by atoms with van der Waals surface area (Å²) in [7, 11) is -0.936. The highest BCUT2D eigenvalue weighted by molar-refractivity contribution is 7.86. The van der Waals surface area contributed by atoms with Crippen LogP contribution in [0, 0.1) is 18.2 Å². The molecule has 2 aromatic carbocycles. The predicted octanol–water partition coefficient (Wildman–Crippen LogP) is 4.29. The number of hydrogen-bond acceptors (Lipinski definition) is 5. The van der Waals surface area contributed by atoms with Gasteiger partial charge >= 0.3 is 6.18 Å². The van der Waals surface area contributed by atoms with E-state index in [1.165, 1.54) is 30.5 Å². The number of aryl methyl sites for hydroxylation is 1. The average molecular weight is 516 g/mol. The zero-order chi connectivity index (χ0) is 26.0. The molecule has 12 heteroatoms. The summed E-state index contributed by atoms with van der Waals surface area (Å²) in [6.07, 6.45) is -4.23. The molecule has 3 rings (SSSR count). The van der Waals surface area contributed by atoms with E-state index in [1.807, 2.05) is 0 Å². The fourth-order valence-electron chi connectivity index (χ4n) is 4.09. The number of anilines is 2. The molecule has 0 unspecified atom stereocenters. The van der Waals surface area contributed by atoms with Crippen LogP contribution in [0.4, 0.5) is 28.9 Å². The SMILES string of the molecule is Cc1cc(Nc2ccc(F)cc2)c(C=N)cc1[C@H]1CN(S(=O)(=O)N(C)C)CCN1CCC(F)(F)F. The summed E-state index contributed by atoms with van der Waals surface area (Å²) < 4.78 is 80.1. The molecule has 1 heterocycles. The lowest BCUT2D eigenvalue weighted by molar-refractivity contribution is -0.140. The Kier molecular flexibility index (Phi) is 8.20. The number of nitrogens with one attached hydrogen (secondary N) is 2. The maximum atomic E-state index is 13.2. The van der Waals surface area contributed by atoms with Gasteiger partial charge in [0.05, 0.1) is 6.42 Å². The molecule has 0 aliphatic carbocycles. The van der Waals surface area contributed by atoms with Gasteiger partial charge in [-0.25, -0.2) is 4.39 Å². The van der Waals surface area contributed by atoms with Crippen LogP contribution in [-0.2, 0) is 10.2 Å². The van der Waals surface area contributed by atoms with Crippen LogP contribution in [-0.4, -0.2) is 74.6 Å². The van der Waals surface area contributed by atoms with Gasteiger partial charge in [0, 0.05) is 69.5 Å². The smallest absolute Gasteiger partial charge is 0.355 e. The van der Waals surface area contributed by atoms with E-state index < -0.39 is 28.8 Å². The van der Waals surface area contributed by atoms with Gasteiger partial charge in [-0.3, -0.25) is 4.90 Å². The molecule has 1 aliphatic heterocycles. The quantitative estimate of drug-likeness (QED) is 0.406. The van der Waals surface area contributed by atoms with E-state index in [9.17, 15) is 26.0 Å². The highest BCUT2D eigenvalue weighted by Crippen LogP contribution is 2.34. The maximum Gasteiger partial charge on any atom is 0.390 e. The molecule has 2 N–H and O–H groups in total. The Bertz CT molecular complexity index is 1150. The Morgan fingerprint density at radius 2 is 1.83 bits per heavy atom. The largest absolute Gasteiger partial charge is 0.390 e. The van der Waals surface area contributed by atoms with Crippen molar-refractivity contribution in [1.82, 2.24) is 13.5 Å². The standard InChI is InChI=1S/C23H29F4N5O2S/c1-16-12-21(29-19-6-4-18(24)5-7-19)17(14-28)13-20(16)22-15-32(35(33,34)30(2)3)11-10-31(22)9-8-23(25,26)27/h4-7,12-14,22,28-29H,8-11,15H2,1-3H3/t22-/m1/s1. The predicted molar refractivity (Wildman–Crippen MR) is 128 cm³/mol. The van der Waals surface area contributed by atoms with E-state index >= 15 is 0 Å². The van der Waals surface area contributed by atoms with Crippen LogP contribution in [0.3, 0.4) is 0 Å². The maximum absolute atomic E-state index is 13.2. The molecule has 1 atom stereocenters. The second-order valence-corrected chi connectivity index (χ2v) is 10.8. The van der Waals surface area contributed by atoms with Crippen molar-refractivity contribution >= 4 is 27.8 Å². The topological polar surface area (TPSA) is 79.7 Å². The van der Waals surface area contributed by atoms with Gasteiger partial charge in [-0.05, 0) is 54.4 Å². The molecule has 0 amide bonds. The molecule has 0 aromatic heterocycles. The molecule has 0 bridgehead atoms. The second kappa shape index (κ2) is 10.6. The lowest BCUT2D eigenvalue weighted by Gasteiger charge is -2.42. The van der Waals surface area contributed by atoms with Gasteiger partial charge in [0.2, 0.25) is 0 Å². The Balaban J connectivity index is 1.98. The first-order valence-corrected chi connectivity index (χ1v) is 12.4. The lowest BCUT2D eigenvalue weighted by atomic mass is 9.94. The summed E-state index contributed by atoms with van der Waals surface area (Å²) in [4.78, 5) is 1.65. The molecule has 1 saturated heterocycles. The molecule has 192 valence electrons. The van der Waals surface area contributed by atoms with E-state index in [0.717, 1.165) is 16.1 Å². The number of rotatable bonds is 8. The van der Waals surface area contributed by atoms with Crippen molar-refractivity contribution in [3.05, 3.63) is 58.9 Å². The van der Waals surface area contributed by atoms with E-state index in [-0.39, 0.29) is 32.0 Å². The second-order valence-electron chi connectivity index (χ2n) is 8.64. The average Bonchev–Trinajstić information content (AvgIpc) is 2.78. The van der Waals surface area contributed by atoms with E-state index in [2.05, 4.69) is 5.32 Å². The zero-order valence-electron chi connectivity index (χ0n) is 19.7. The van der Waals surface area contributed by atoms with Gasteiger partial charge in [-0.15, -0.1) is 0 Å². The first kappa shape index (κ1) is 27.1. The van der Waals surface area contributed by atoms with Crippen molar-refractivity contribution in [3.8, 4) is 0 Å². The zero-order valence-corrected chi connectivity index (χ0v) is 20.5. The highest BCUT2D eigenvalue weighted by Gasteiger charge is 2.38. The van der Waals surface area contributed by atoms with Crippen molar-refractivity contribution in [1.29, 1.82) is 5.41 Å². The van der Waals surface area contributed by atoms with Gasteiger partial charge < -0.3 is 10.7 Å². The Morgan fingerprint density at radius 3 is 2.40 bits per heavy atom. The number of halogens is 4. The first-order chi connectivity index (χ1) is 16.3. The molecule has 0 saturated carbocycles. The van der Waals surface area contributed by atoms with Crippen LogP contribution in [0.2, 0.25) is 0 Å².